The molecule has 3 aromatic rings. The van der Waals surface area contributed by atoms with Crippen LogP contribution in [0, 0.1) is 24.2 Å². The number of hydrogen-bond donors (Lipinski definition) is 1. The number of halogens is 1. The number of nitriles is 1. The number of aryl methyl sites for hydroxylation is 1. The van der Waals surface area contributed by atoms with Crippen LogP contribution in [0.1, 0.15) is 29.5 Å². The van der Waals surface area contributed by atoms with E-state index in [-0.39, 0.29) is 23.8 Å². The van der Waals surface area contributed by atoms with Crippen LogP contribution in [-0.2, 0) is 20.9 Å². The standard InChI is InChI=1S/C30H26ClN3O3S/c1-19-10-6-9-15-25(19)34-26(35)18-38-29-23(16-32)28(22-13-7-8-14-24(22)31)27(20(2)33-29)30(36)37-17-21-11-4-3-5-12-21/h3-15,23,28H,17-18H2,1-2H3,(H,34,35). The lowest BCUT2D eigenvalue weighted by Crippen LogP contribution is -2.30. The van der Waals surface area contributed by atoms with Crippen LogP contribution in [0.5, 0.6) is 0 Å². The molecular weight excluding hydrogens is 518 g/mol. The third-order valence-electron chi connectivity index (χ3n) is 6.16. The maximum Gasteiger partial charge on any atom is 0.336 e. The van der Waals surface area contributed by atoms with Gasteiger partial charge in [-0.1, -0.05) is 90.1 Å². The Morgan fingerprint density at radius 3 is 2.42 bits per heavy atom. The van der Waals surface area contributed by atoms with Crippen LogP contribution in [-0.4, -0.2) is 22.7 Å². The highest BCUT2D eigenvalue weighted by Gasteiger charge is 2.40. The van der Waals surface area contributed by atoms with E-state index < -0.39 is 17.8 Å². The number of para-hydroxylation sites is 1. The van der Waals surface area contributed by atoms with Crippen LogP contribution in [0.3, 0.4) is 0 Å². The van der Waals surface area contributed by atoms with Crippen LogP contribution < -0.4 is 5.32 Å². The lowest BCUT2D eigenvalue weighted by Gasteiger charge is -2.30. The number of ether oxygens (including phenoxy) is 1. The summed E-state index contributed by atoms with van der Waals surface area (Å²) in [5.41, 5.74) is 3.88. The summed E-state index contributed by atoms with van der Waals surface area (Å²) in [7, 11) is 0. The smallest absolute Gasteiger partial charge is 0.336 e. The van der Waals surface area contributed by atoms with E-state index in [0.717, 1.165) is 16.8 Å². The van der Waals surface area contributed by atoms with Crippen LogP contribution in [0.25, 0.3) is 0 Å². The number of carbonyl (C=O) groups excluding carboxylic acids is 2. The van der Waals surface area contributed by atoms with Crippen LogP contribution in [0.4, 0.5) is 5.69 Å². The van der Waals surface area contributed by atoms with Crippen LogP contribution >= 0.6 is 23.4 Å². The first-order chi connectivity index (χ1) is 18.4. The number of amides is 1. The fourth-order valence-electron chi connectivity index (χ4n) is 4.26. The Kier molecular flexibility index (Phi) is 9.01. The highest BCUT2D eigenvalue weighted by atomic mass is 35.5. The molecule has 2 atom stereocenters. The number of benzene rings is 3. The second-order valence-corrected chi connectivity index (χ2v) is 10.2. The van der Waals surface area contributed by atoms with Crippen molar-refractivity contribution < 1.29 is 14.3 Å². The van der Waals surface area contributed by atoms with Gasteiger partial charge < -0.3 is 10.1 Å². The van der Waals surface area contributed by atoms with Gasteiger partial charge >= 0.3 is 5.97 Å². The molecule has 0 saturated carbocycles. The number of thioether (sulfide) groups is 1. The molecule has 0 aromatic heterocycles. The summed E-state index contributed by atoms with van der Waals surface area (Å²) < 4.78 is 5.64. The van der Waals surface area contributed by atoms with Crippen molar-refractivity contribution in [1.82, 2.24) is 0 Å². The number of aliphatic imine (C=N–C) groups is 1. The number of nitrogens with zero attached hydrogens (tertiary/aromatic N) is 2. The van der Waals surface area contributed by atoms with E-state index in [2.05, 4.69) is 16.4 Å². The first-order valence-electron chi connectivity index (χ1n) is 12.0. The van der Waals surface area contributed by atoms with E-state index in [4.69, 9.17) is 16.3 Å². The van der Waals surface area contributed by atoms with Crippen molar-refractivity contribution in [3.63, 3.8) is 0 Å². The largest absolute Gasteiger partial charge is 0.457 e. The molecule has 8 heteroatoms. The minimum atomic E-state index is -0.825. The number of carbonyl (C=O) groups is 2. The second kappa shape index (κ2) is 12.6. The zero-order chi connectivity index (χ0) is 27.1. The fraction of sp³-hybridized carbons (Fsp3) is 0.200. The summed E-state index contributed by atoms with van der Waals surface area (Å²) in [6.45, 7) is 3.72. The Morgan fingerprint density at radius 1 is 1.03 bits per heavy atom. The van der Waals surface area contributed by atoms with Gasteiger partial charge in [0.25, 0.3) is 0 Å². The zero-order valence-electron chi connectivity index (χ0n) is 21.0. The fourth-order valence-corrected chi connectivity index (χ4v) is 5.43. The van der Waals surface area contributed by atoms with Crippen molar-refractivity contribution in [2.24, 2.45) is 10.9 Å². The van der Waals surface area contributed by atoms with Crippen molar-refractivity contribution in [3.8, 4) is 6.07 Å². The quantitative estimate of drug-likeness (QED) is 0.336. The molecule has 1 aliphatic rings. The molecular formula is C30H26ClN3O3S. The molecule has 0 bridgehead atoms. The van der Waals surface area contributed by atoms with Crippen molar-refractivity contribution in [2.45, 2.75) is 26.4 Å². The summed E-state index contributed by atoms with van der Waals surface area (Å²) in [4.78, 5) is 30.7. The summed E-state index contributed by atoms with van der Waals surface area (Å²) in [5.74, 6) is -2.23. The van der Waals surface area contributed by atoms with E-state index in [1.807, 2.05) is 67.6 Å². The van der Waals surface area contributed by atoms with E-state index >= 15 is 0 Å². The predicted molar refractivity (Wildman–Crippen MR) is 152 cm³/mol. The Bertz CT molecular complexity index is 1450. The number of nitrogens with one attached hydrogen (secondary N) is 1. The number of rotatable bonds is 7. The van der Waals surface area contributed by atoms with Gasteiger partial charge in [-0.05, 0) is 42.7 Å². The topological polar surface area (TPSA) is 91.5 Å². The number of anilines is 1. The van der Waals surface area contributed by atoms with E-state index in [1.54, 1.807) is 25.1 Å². The van der Waals surface area contributed by atoms with Gasteiger partial charge in [0.1, 0.15) is 12.5 Å². The Labute approximate surface area is 231 Å². The van der Waals surface area contributed by atoms with E-state index in [9.17, 15) is 14.9 Å². The number of esters is 1. The summed E-state index contributed by atoms with van der Waals surface area (Å²) in [6.07, 6.45) is 0. The molecule has 38 heavy (non-hydrogen) atoms. The van der Waals surface area contributed by atoms with Gasteiger partial charge in [0.2, 0.25) is 5.91 Å². The molecule has 4 rings (SSSR count). The van der Waals surface area contributed by atoms with Gasteiger partial charge in [-0.2, -0.15) is 5.26 Å². The summed E-state index contributed by atoms with van der Waals surface area (Å²) in [5, 5.41) is 14.0. The van der Waals surface area contributed by atoms with Gasteiger partial charge in [0.05, 0.1) is 22.4 Å². The van der Waals surface area contributed by atoms with Crippen molar-refractivity contribution in [1.29, 1.82) is 5.26 Å². The van der Waals surface area contributed by atoms with Crippen molar-refractivity contribution in [2.75, 3.05) is 11.1 Å². The predicted octanol–water partition coefficient (Wildman–Crippen LogP) is 6.67. The monoisotopic (exact) mass is 543 g/mol. The second-order valence-electron chi connectivity index (χ2n) is 8.77. The van der Waals surface area contributed by atoms with Gasteiger partial charge in [-0.25, -0.2) is 9.79 Å². The molecule has 0 saturated heterocycles. The SMILES string of the molecule is CC1=C(C(=O)OCc2ccccc2)C(c2ccccc2Cl)C(C#N)C(SCC(=O)Nc2ccccc2C)=N1. The first kappa shape index (κ1) is 27.2. The van der Waals surface area contributed by atoms with Gasteiger partial charge in [0, 0.05) is 22.3 Å². The van der Waals surface area contributed by atoms with E-state index in [1.165, 1.54) is 11.8 Å². The minimum absolute atomic E-state index is 0.0572. The third kappa shape index (κ3) is 6.34. The molecule has 0 spiro atoms. The average Bonchev–Trinajstić information content (AvgIpc) is 2.92. The average molecular weight is 544 g/mol. The van der Waals surface area contributed by atoms with Crippen molar-refractivity contribution in [3.05, 3.63) is 112 Å². The molecule has 1 amide bonds. The number of allylic oxidation sites excluding steroid dienone is 1. The molecule has 1 aliphatic heterocycles. The Balaban J connectivity index is 1.61. The molecule has 1 N–H and O–H groups in total. The first-order valence-corrected chi connectivity index (χ1v) is 13.4. The lowest BCUT2D eigenvalue weighted by atomic mass is 9.79. The molecule has 1 heterocycles. The zero-order valence-corrected chi connectivity index (χ0v) is 22.6. The normalized spacial score (nSPS) is 16.8. The minimum Gasteiger partial charge on any atom is -0.457 e. The molecule has 0 aliphatic carbocycles. The highest BCUT2D eigenvalue weighted by Crippen LogP contribution is 2.43. The van der Waals surface area contributed by atoms with Crippen molar-refractivity contribution >= 4 is 46.0 Å². The van der Waals surface area contributed by atoms with Crippen LogP contribution in [0.2, 0.25) is 5.02 Å². The molecule has 0 radical (unpaired) electrons. The van der Waals surface area contributed by atoms with Gasteiger partial charge in [-0.15, -0.1) is 0 Å². The Hall–Kier alpha value is -3.86. The lowest BCUT2D eigenvalue weighted by molar-refractivity contribution is -0.140. The maximum atomic E-state index is 13.4. The van der Waals surface area contributed by atoms with Gasteiger partial charge in [-0.3, -0.25) is 4.79 Å². The molecule has 6 nitrogen and oxygen atoms in total. The summed E-state index contributed by atoms with van der Waals surface area (Å²) >= 11 is 7.74. The van der Waals surface area contributed by atoms with Gasteiger partial charge in [0.15, 0.2) is 0 Å². The summed E-state index contributed by atoms with van der Waals surface area (Å²) in [6, 6.07) is 26.3. The Morgan fingerprint density at radius 2 is 1.71 bits per heavy atom. The molecule has 3 aromatic carbocycles. The van der Waals surface area contributed by atoms with Crippen LogP contribution in [0.15, 0.2) is 95.1 Å². The molecule has 0 fully saturated rings. The number of hydrogen-bond acceptors (Lipinski definition) is 6. The highest BCUT2D eigenvalue weighted by molar-refractivity contribution is 8.14. The van der Waals surface area contributed by atoms with E-state index in [0.29, 0.717) is 21.3 Å². The maximum absolute atomic E-state index is 13.4. The molecule has 192 valence electrons. The third-order valence-corrected chi connectivity index (χ3v) is 7.55. The molecule has 2 unspecified atom stereocenters.